The van der Waals surface area contributed by atoms with E-state index in [1.54, 1.807) is 6.20 Å². The molecule has 1 atom stereocenters. The van der Waals surface area contributed by atoms with Crippen LogP contribution in [-0.4, -0.2) is 38.5 Å². The molecule has 0 saturated carbocycles. The SMILES string of the molecule is CNCCCc1cnc(CC2CCS(=O)(=O)C2)o1. The number of hydrogen-bond acceptors (Lipinski definition) is 5. The third-order valence-electron chi connectivity index (χ3n) is 3.24. The molecule has 1 aromatic heterocycles. The van der Waals surface area contributed by atoms with Crippen LogP contribution in [0.3, 0.4) is 0 Å². The van der Waals surface area contributed by atoms with Gasteiger partial charge in [-0.05, 0) is 32.4 Å². The largest absolute Gasteiger partial charge is 0.446 e. The molecule has 0 amide bonds. The minimum absolute atomic E-state index is 0.179. The van der Waals surface area contributed by atoms with E-state index >= 15 is 0 Å². The molecule has 0 radical (unpaired) electrons. The molecule has 1 N–H and O–H groups in total. The zero-order valence-electron chi connectivity index (χ0n) is 10.7. The van der Waals surface area contributed by atoms with Crippen LogP contribution in [0.25, 0.3) is 0 Å². The van der Waals surface area contributed by atoms with E-state index in [4.69, 9.17) is 4.42 Å². The van der Waals surface area contributed by atoms with Gasteiger partial charge in [0.2, 0.25) is 0 Å². The molecule has 1 aliphatic rings. The molecule has 1 fully saturated rings. The van der Waals surface area contributed by atoms with Crippen molar-refractivity contribution in [3.63, 3.8) is 0 Å². The van der Waals surface area contributed by atoms with Crippen LogP contribution in [0.1, 0.15) is 24.5 Å². The van der Waals surface area contributed by atoms with Crippen molar-refractivity contribution in [3.8, 4) is 0 Å². The third kappa shape index (κ3) is 3.81. The fourth-order valence-corrected chi connectivity index (χ4v) is 4.14. The standard InChI is InChI=1S/C12H20N2O3S/c1-13-5-2-3-11-8-14-12(17-11)7-10-4-6-18(15,16)9-10/h8,10,13H,2-7,9H2,1H3. The predicted octanol–water partition coefficient (Wildman–Crippen LogP) is 0.804. The monoisotopic (exact) mass is 272 g/mol. The average Bonchev–Trinajstić information content (AvgIpc) is 2.87. The summed E-state index contributed by atoms with van der Waals surface area (Å²) in [7, 11) is -0.881. The normalized spacial score (nSPS) is 22.4. The van der Waals surface area contributed by atoms with Crippen LogP contribution >= 0.6 is 0 Å². The Morgan fingerprint density at radius 1 is 1.56 bits per heavy atom. The number of rotatable bonds is 6. The van der Waals surface area contributed by atoms with E-state index in [2.05, 4.69) is 10.3 Å². The number of oxazole rings is 1. The molecule has 0 spiro atoms. The highest BCUT2D eigenvalue weighted by molar-refractivity contribution is 7.91. The highest BCUT2D eigenvalue weighted by atomic mass is 32.2. The van der Waals surface area contributed by atoms with Crippen molar-refractivity contribution in [2.24, 2.45) is 5.92 Å². The summed E-state index contributed by atoms with van der Waals surface area (Å²) in [5.41, 5.74) is 0. The Morgan fingerprint density at radius 3 is 3.06 bits per heavy atom. The summed E-state index contributed by atoms with van der Waals surface area (Å²) in [6.45, 7) is 0.955. The molecule has 0 aliphatic carbocycles. The first-order chi connectivity index (χ1) is 8.59. The lowest BCUT2D eigenvalue weighted by molar-refractivity contribution is 0.417. The Balaban J connectivity index is 1.83. The highest BCUT2D eigenvalue weighted by Gasteiger charge is 2.28. The van der Waals surface area contributed by atoms with Gasteiger partial charge in [0, 0.05) is 12.8 Å². The highest BCUT2D eigenvalue weighted by Crippen LogP contribution is 2.22. The Labute approximate surface area is 108 Å². The van der Waals surface area contributed by atoms with E-state index in [9.17, 15) is 8.42 Å². The maximum Gasteiger partial charge on any atom is 0.194 e. The molecule has 1 aliphatic heterocycles. The quantitative estimate of drug-likeness (QED) is 0.776. The molecule has 102 valence electrons. The number of aryl methyl sites for hydroxylation is 1. The van der Waals surface area contributed by atoms with Gasteiger partial charge in [-0.15, -0.1) is 0 Å². The van der Waals surface area contributed by atoms with Crippen molar-refractivity contribution in [3.05, 3.63) is 17.8 Å². The van der Waals surface area contributed by atoms with E-state index in [-0.39, 0.29) is 11.7 Å². The van der Waals surface area contributed by atoms with Crippen molar-refractivity contribution < 1.29 is 12.8 Å². The summed E-state index contributed by atoms with van der Waals surface area (Å²) < 4.78 is 28.3. The molecule has 1 aromatic rings. The van der Waals surface area contributed by atoms with Gasteiger partial charge in [0.05, 0.1) is 17.7 Å². The summed E-state index contributed by atoms with van der Waals surface area (Å²) in [6, 6.07) is 0. The van der Waals surface area contributed by atoms with Gasteiger partial charge in [0.25, 0.3) is 0 Å². The van der Waals surface area contributed by atoms with Gasteiger partial charge in [0.15, 0.2) is 15.7 Å². The maximum atomic E-state index is 11.4. The van der Waals surface area contributed by atoms with Crippen molar-refractivity contribution in [2.45, 2.75) is 25.7 Å². The topological polar surface area (TPSA) is 72.2 Å². The minimum atomic E-state index is -2.80. The van der Waals surface area contributed by atoms with E-state index < -0.39 is 9.84 Å². The van der Waals surface area contributed by atoms with Gasteiger partial charge in [0.1, 0.15) is 5.76 Å². The lowest BCUT2D eigenvalue weighted by Gasteiger charge is -2.02. The van der Waals surface area contributed by atoms with Crippen molar-refractivity contribution >= 4 is 9.84 Å². The van der Waals surface area contributed by atoms with E-state index in [1.807, 2.05) is 7.05 Å². The van der Waals surface area contributed by atoms with E-state index in [0.29, 0.717) is 18.1 Å². The Hall–Kier alpha value is -0.880. The first-order valence-electron chi connectivity index (χ1n) is 6.37. The van der Waals surface area contributed by atoms with Crippen LogP contribution in [0, 0.1) is 5.92 Å². The number of aromatic nitrogens is 1. The van der Waals surface area contributed by atoms with Gasteiger partial charge in [-0.25, -0.2) is 13.4 Å². The molecule has 2 heterocycles. The second-order valence-corrected chi connectivity index (χ2v) is 7.13. The molecule has 5 nitrogen and oxygen atoms in total. The van der Waals surface area contributed by atoms with Crippen molar-refractivity contribution in [1.29, 1.82) is 0 Å². The van der Waals surface area contributed by atoms with Gasteiger partial charge >= 0.3 is 0 Å². The first-order valence-corrected chi connectivity index (χ1v) is 8.20. The molecule has 18 heavy (non-hydrogen) atoms. The molecule has 2 rings (SSSR count). The summed E-state index contributed by atoms with van der Waals surface area (Å²) in [5.74, 6) is 2.34. The molecular formula is C12H20N2O3S. The van der Waals surface area contributed by atoms with Gasteiger partial charge in [-0.3, -0.25) is 0 Å². The predicted molar refractivity (Wildman–Crippen MR) is 69.2 cm³/mol. The van der Waals surface area contributed by atoms with Crippen LogP contribution in [-0.2, 0) is 22.7 Å². The van der Waals surface area contributed by atoms with Gasteiger partial charge in [-0.2, -0.15) is 0 Å². The van der Waals surface area contributed by atoms with Crippen LogP contribution in [0.2, 0.25) is 0 Å². The smallest absolute Gasteiger partial charge is 0.194 e. The summed E-state index contributed by atoms with van der Waals surface area (Å²) in [5, 5.41) is 3.08. The molecule has 0 aromatic carbocycles. The average molecular weight is 272 g/mol. The van der Waals surface area contributed by atoms with E-state index in [0.717, 1.165) is 31.6 Å². The Kier molecular flexibility index (Phi) is 4.40. The van der Waals surface area contributed by atoms with Gasteiger partial charge < -0.3 is 9.73 Å². The number of hydrogen-bond donors (Lipinski definition) is 1. The third-order valence-corrected chi connectivity index (χ3v) is 5.08. The molecule has 1 saturated heterocycles. The number of nitrogens with zero attached hydrogens (tertiary/aromatic N) is 1. The lowest BCUT2D eigenvalue weighted by Crippen LogP contribution is -2.08. The maximum absolute atomic E-state index is 11.4. The van der Waals surface area contributed by atoms with Crippen LogP contribution in [0.15, 0.2) is 10.6 Å². The van der Waals surface area contributed by atoms with Crippen LogP contribution < -0.4 is 5.32 Å². The molecule has 6 heteroatoms. The van der Waals surface area contributed by atoms with Crippen LogP contribution in [0.4, 0.5) is 0 Å². The van der Waals surface area contributed by atoms with Crippen molar-refractivity contribution in [2.75, 3.05) is 25.1 Å². The zero-order chi connectivity index (χ0) is 13.0. The number of sulfone groups is 1. The first kappa shape index (κ1) is 13.5. The second-order valence-electron chi connectivity index (χ2n) is 4.90. The Morgan fingerprint density at radius 2 is 2.39 bits per heavy atom. The fourth-order valence-electron chi connectivity index (χ4n) is 2.28. The van der Waals surface area contributed by atoms with Gasteiger partial charge in [-0.1, -0.05) is 0 Å². The second kappa shape index (κ2) is 5.84. The van der Waals surface area contributed by atoms with Crippen LogP contribution in [0.5, 0.6) is 0 Å². The molecule has 0 bridgehead atoms. The molecule has 1 unspecified atom stereocenters. The van der Waals surface area contributed by atoms with E-state index in [1.165, 1.54) is 0 Å². The fraction of sp³-hybridized carbons (Fsp3) is 0.750. The Bertz CT molecular complexity index is 481. The summed E-state index contributed by atoms with van der Waals surface area (Å²) in [6.07, 6.45) is 5.03. The summed E-state index contributed by atoms with van der Waals surface area (Å²) in [4.78, 5) is 4.22. The molecular weight excluding hydrogens is 252 g/mol. The lowest BCUT2D eigenvalue weighted by atomic mass is 10.1. The summed E-state index contributed by atoms with van der Waals surface area (Å²) >= 11 is 0. The minimum Gasteiger partial charge on any atom is -0.446 e. The zero-order valence-corrected chi connectivity index (χ0v) is 11.5. The number of nitrogens with one attached hydrogen (secondary N) is 1. The van der Waals surface area contributed by atoms with Crippen molar-refractivity contribution in [1.82, 2.24) is 10.3 Å².